The maximum atomic E-state index is 13.8. The number of carbonyl (C=O) groups excluding carboxylic acids is 1. The Bertz CT molecular complexity index is 853. The van der Waals surface area contributed by atoms with Crippen molar-refractivity contribution < 1.29 is 13.6 Å². The van der Waals surface area contributed by atoms with Gasteiger partial charge in [0.2, 0.25) is 5.91 Å². The fourth-order valence-electron chi connectivity index (χ4n) is 3.20. The van der Waals surface area contributed by atoms with Crippen LogP contribution in [-0.2, 0) is 11.3 Å². The first-order valence-electron chi connectivity index (χ1n) is 8.82. The summed E-state index contributed by atoms with van der Waals surface area (Å²) in [4.78, 5) is 25.1. The zero-order valence-electron chi connectivity index (χ0n) is 14.6. The Kier molecular flexibility index (Phi) is 4.30. The number of amides is 1. The number of hydrogen-bond acceptors (Lipinski definition) is 4. The molecule has 1 saturated carbocycles. The second kappa shape index (κ2) is 6.63. The molecule has 0 N–H and O–H groups in total. The largest absolute Gasteiger partial charge is 0.345 e. The van der Waals surface area contributed by atoms with Gasteiger partial charge in [0.25, 0.3) is 0 Å². The van der Waals surface area contributed by atoms with Gasteiger partial charge in [0.15, 0.2) is 0 Å². The number of aryl methyl sites for hydroxylation is 1. The normalized spacial score (nSPS) is 17.7. The summed E-state index contributed by atoms with van der Waals surface area (Å²) in [6, 6.07) is 5.20. The summed E-state index contributed by atoms with van der Waals surface area (Å²) in [6.07, 6.45) is 2.24. The van der Waals surface area contributed by atoms with E-state index in [1.807, 2.05) is 17.9 Å². The molecule has 1 aliphatic heterocycles. The number of nitrogens with zero attached hydrogens (tertiary/aromatic N) is 4. The molecule has 0 atom stereocenters. The average molecular weight is 358 g/mol. The molecule has 1 aromatic heterocycles. The van der Waals surface area contributed by atoms with E-state index in [2.05, 4.69) is 9.97 Å². The maximum Gasteiger partial charge on any atom is 0.242 e. The molecular formula is C19H20F2N4O. The van der Waals surface area contributed by atoms with E-state index in [1.54, 1.807) is 4.90 Å². The highest BCUT2D eigenvalue weighted by Crippen LogP contribution is 2.38. The third-order valence-electron chi connectivity index (χ3n) is 4.81. The van der Waals surface area contributed by atoms with Crippen LogP contribution in [0, 0.1) is 18.6 Å². The summed E-state index contributed by atoms with van der Waals surface area (Å²) in [6.45, 7) is 3.23. The van der Waals surface area contributed by atoms with Gasteiger partial charge in [-0.3, -0.25) is 4.79 Å². The second-order valence-corrected chi connectivity index (χ2v) is 6.97. The Morgan fingerprint density at radius 3 is 2.69 bits per heavy atom. The Hall–Kier alpha value is -2.57. The number of hydrogen-bond donors (Lipinski definition) is 0. The average Bonchev–Trinajstić information content (AvgIpc) is 3.44. The molecular weight excluding hydrogens is 338 g/mol. The second-order valence-electron chi connectivity index (χ2n) is 6.97. The Morgan fingerprint density at radius 2 is 1.96 bits per heavy atom. The minimum Gasteiger partial charge on any atom is -0.345 e. The topological polar surface area (TPSA) is 49.3 Å². The molecule has 0 spiro atoms. The Labute approximate surface area is 150 Å². The highest BCUT2D eigenvalue weighted by atomic mass is 19.1. The van der Waals surface area contributed by atoms with Crippen LogP contribution >= 0.6 is 0 Å². The lowest BCUT2D eigenvalue weighted by atomic mass is 10.1. The summed E-state index contributed by atoms with van der Waals surface area (Å²) in [5.41, 5.74) is 1.09. The van der Waals surface area contributed by atoms with E-state index in [1.165, 1.54) is 0 Å². The highest BCUT2D eigenvalue weighted by molar-refractivity contribution is 5.82. The third-order valence-corrected chi connectivity index (χ3v) is 4.81. The fraction of sp³-hybridized carbons (Fsp3) is 0.421. The van der Waals surface area contributed by atoms with Crippen molar-refractivity contribution in [3.05, 3.63) is 53.0 Å². The van der Waals surface area contributed by atoms with E-state index in [0.29, 0.717) is 19.0 Å². The summed E-state index contributed by atoms with van der Waals surface area (Å²) >= 11 is 0. The molecule has 2 fully saturated rings. The summed E-state index contributed by atoms with van der Waals surface area (Å²) < 4.78 is 27.2. The van der Waals surface area contributed by atoms with Gasteiger partial charge in [0.05, 0.1) is 6.54 Å². The molecule has 7 heteroatoms. The van der Waals surface area contributed by atoms with Gasteiger partial charge in [-0.05, 0) is 38.0 Å². The van der Waals surface area contributed by atoms with Crippen molar-refractivity contribution in [2.24, 2.45) is 0 Å². The van der Waals surface area contributed by atoms with Crippen LogP contribution in [0.25, 0.3) is 0 Å². The van der Waals surface area contributed by atoms with E-state index in [-0.39, 0.29) is 24.6 Å². The molecule has 0 bridgehead atoms. The number of halogens is 2. The molecule has 0 unspecified atom stereocenters. The van der Waals surface area contributed by atoms with Crippen LogP contribution in [-0.4, -0.2) is 40.4 Å². The number of rotatable bonds is 4. The van der Waals surface area contributed by atoms with E-state index in [0.717, 1.165) is 48.4 Å². The van der Waals surface area contributed by atoms with Crippen molar-refractivity contribution in [2.75, 3.05) is 24.5 Å². The van der Waals surface area contributed by atoms with Crippen molar-refractivity contribution in [1.29, 1.82) is 0 Å². The van der Waals surface area contributed by atoms with Crippen LogP contribution in [0.1, 0.15) is 35.8 Å². The standard InChI is InChI=1S/C19H20F2N4O/c1-12-8-17(23-19(22-12)13-2-3-13)24-6-7-25(18(26)11-24)10-14-9-15(20)4-5-16(14)21/h4-5,8-9,13H,2-3,6-7,10-11H2,1H3. The lowest BCUT2D eigenvalue weighted by Gasteiger charge is -2.35. The minimum atomic E-state index is -0.503. The predicted molar refractivity (Wildman–Crippen MR) is 92.7 cm³/mol. The molecule has 5 nitrogen and oxygen atoms in total. The van der Waals surface area contributed by atoms with Crippen molar-refractivity contribution in [3.63, 3.8) is 0 Å². The molecule has 1 aliphatic carbocycles. The molecule has 1 aromatic carbocycles. The van der Waals surface area contributed by atoms with Crippen LogP contribution in [0.15, 0.2) is 24.3 Å². The minimum absolute atomic E-state index is 0.0758. The van der Waals surface area contributed by atoms with Gasteiger partial charge in [-0.2, -0.15) is 0 Å². The Morgan fingerprint density at radius 1 is 1.15 bits per heavy atom. The molecule has 1 amide bonds. The first-order valence-corrected chi connectivity index (χ1v) is 8.82. The van der Waals surface area contributed by atoms with Crippen LogP contribution in [0.3, 0.4) is 0 Å². The summed E-state index contributed by atoms with van der Waals surface area (Å²) in [5, 5.41) is 0. The molecule has 26 heavy (non-hydrogen) atoms. The van der Waals surface area contributed by atoms with Gasteiger partial charge in [-0.1, -0.05) is 0 Å². The molecule has 2 aromatic rings. The van der Waals surface area contributed by atoms with Crippen molar-refractivity contribution in [1.82, 2.24) is 14.9 Å². The fourth-order valence-corrected chi connectivity index (χ4v) is 3.20. The maximum absolute atomic E-state index is 13.8. The lowest BCUT2D eigenvalue weighted by molar-refractivity contribution is -0.131. The zero-order chi connectivity index (χ0) is 18.3. The van der Waals surface area contributed by atoms with E-state index in [9.17, 15) is 13.6 Å². The van der Waals surface area contributed by atoms with Crippen LogP contribution in [0.5, 0.6) is 0 Å². The smallest absolute Gasteiger partial charge is 0.242 e. The van der Waals surface area contributed by atoms with E-state index < -0.39 is 11.6 Å². The summed E-state index contributed by atoms with van der Waals surface area (Å²) in [7, 11) is 0. The van der Waals surface area contributed by atoms with Gasteiger partial charge in [-0.15, -0.1) is 0 Å². The summed E-state index contributed by atoms with van der Waals surface area (Å²) in [5.74, 6) is 0.950. The van der Waals surface area contributed by atoms with Gasteiger partial charge >= 0.3 is 0 Å². The SMILES string of the molecule is Cc1cc(N2CCN(Cc3cc(F)ccc3F)C(=O)C2)nc(C2CC2)n1. The first-order chi connectivity index (χ1) is 12.5. The molecule has 0 radical (unpaired) electrons. The van der Waals surface area contributed by atoms with Crippen molar-refractivity contribution in [2.45, 2.75) is 32.2 Å². The van der Waals surface area contributed by atoms with Crippen LogP contribution < -0.4 is 4.90 Å². The molecule has 4 rings (SSSR count). The molecule has 2 heterocycles. The third kappa shape index (κ3) is 3.52. The molecule has 2 aliphatic rings. The number of carbonyl (C=O) groups is 1. The Balaban J connectivity index is 1.47. The monoisotopic (exact) mass is 358 g/mol. The highest BCUT2D eigenvalue weighted by Gasteiger charge is 2.29. The number of anilines is 1. The number of aromatic nitrogens is 2. The lowest BCUT2D eigenvalue weighted by Crippen LogP contribution is -2.50. The van der Waals surface area contributed by atoms with Crippen molar-refractivity contribution >= 4 is 11.7 Å². The first kappa shape index (κ1) is 16.9. The number of piperazine rings is 1. The van der Waals surface area contributed by atoms with Gasteiger partial charge < -0.3 is 9.80 Å². The van der Waals surface area contributed by atoms with E-state index >= 15 is 0 Å². The van der Waals surface area contributed by atoms with Crippen LogP contribution in [0.2, 0.25) is 0 Å². The molecule has 136 valence electrons. The quantitative estimate of drug-likeness (QED) is 0.843. The van der Waals surface area contributed by atoms with E-state index in [4.69, 9.17) is 0 Å². The molecule has 1 saturated heterocycles. The van der Waals surface area contributed by atoms with Crippen LogP contribution in [0.4, 0.5) is 14.6 Å². The zero-order valence-corrected chi connectivity index (χ0v) is 14.6. The van der Waals surface area contributed by atoms with Gasteiger partial charge in [-0.25, -0.2) is 18.7 Å². The van der Waals surface area contributed by atoms with Gasteiger partial charge in [0.1, 0.15) is 23.3 Å². The van der Waals surface area contributed by atoms with Gasteiger partial charge in [0, 0.05) is 42.9 Å². The van der Waals surface area contributed by atoms with Crippen molar-refractivity contribution in [3.8, 4) is 0 Å². The number of benzene rings is 1. The predicted octanol–water partition coefficient (Wildman–Crippen LogP) is 2.79.